The van der Waals surface area contributed by atoms with Crippen molar-refractivity contribution in [3.05, 3.63) is 96.3 Å². The van der Waals surface area contributed by atoms with Crippen molar-refractivity contribution in [2.75, 3.05) is 0 Å². The number of amides is 1. The maximum atomic E-state index is 12.1. The molecule has 3 aromatic rings. The number of hydrogen-bond donors (Lipinski definition) is 1. The summed E-state index contributed by atoms with van der Waals surface area (Å²) in [5, 5.41) is 3.88. The van der Waals surface area contributed by atoms with Crippen LogP contribution in [0.2, 0.25) is 0 Å². The van der Waals surface area contributed by atoms with E-state index in [0.29, 0.717) is 11.5 Å². The number of nitrogens with one attached hydrogen (secondary N) is 1. The molecule has 0 aliphatic carbocycles. The molecule has 0 bridgehead atoms. The Morgan fingerprint density at radius 1 is 0.962 bits per heavy atom. The number of rotatable bonds is 6. The zero-order valence-corrected chi connectivity index (χ0v) is 13.9. The van der Waals surface area contributed by atoms with Crippen molar-refractivity contribution in [2.24, 2.45) is 5.10 Å². The van der Waals surface area contributed by atoms with Crippen molar-refractivity contribution in [2.45, 2.75) is 0 Å². The molecule has 1 amide bonds. The molecule has 0 saturated carbocycles. The first-order chi connectivity index (χ1) is 12.8. The number of hydrogen-bond acceptors (Lipinski definition) is 4. The van der Waals surface area contributed by atoms with Crippen molar-refractivity contribution in [1.29, 1.82) is 0 Å². The molecule has 5 nitrogen and oxygen atoms in total. The molecule has 0 saturated heterocycles. The first-order valence-corrected chi connectivity index (χ1v) is 8.05. The highest BCUT2D eigenvalue weighted by molar-refractivity contribution is 5.93. The van der Waals surface area contributed by atoms with E-state index in [0.717, 1.165) is 5.56 Å². The van der Waals surface area contributed by atoms with Crippen LogP contribution >= 0.6 is 0 Å². The van der Waals surface area contributed by atoms with Crippen molar-refractivity contribution in [3.63, 3.8) is 0 Å². The molecule has 128 valence electrons. The summed E-state index contributed by atoms with van der Waals surface area (Å²) in [6, 6.07) is 22.4. The fourth-order valence-corrected chi connectivity index (χ4v) is 2.14. The highest BCUT2D eigenvalue weighted by Crippen LogP contribution is 2.20. The van der Waals surface area contributed by atoms with E-state index in [2.05, 4.69) is 15.5 Å². The molecule has 3 rings (SSSR count). The van der Waals surface area contributed by atoms with Gasteiger partial charge in [-0.3, -0.25) is 9.78 Å². The molecule has 0 aliphatic rings. The summed E-state index contributed by atoms with van der Waals surface area (Å²) in [5.41, 5.74) is 3.72. The topological polar surface area (TPSA) is 63.6 Å². The van der Waals surface area contributed by atoms with Crippen LogP contribution in [0.5, 0.6) is 11.5 Å². The molecule has 26 heavy (non-hydrogen) atoms. The van der Waals surface area contributed by atoms with Crippen LogP contribution in [-0.2, 0) is 0 Å². The molecule has 0 radical (unpaired) electrons. The summed E-state index contributed by atoms with van der Waals surface area (Å²) in [5.74, 6) is 0.811. The van der Waals surface area contributed by atoms with Gasteiger partial charge in [-0.15, -0.1) is 0 Å². The SMILES string of the molecule is O=C(NN=CC=Cc1ccccc1)c1cc(Oc2ccccc2)ccn1. The molecule has 5 heteroatoms. The summed E-state index contributed by atoms with van der Waals surface area (Å²) in [6.45, 7) is 0. The molecular formula is C21H17N3O2. The van der Waals surface area contributed by atoms with Gasteiger partial charge in [-0.05, 0) is 29.8 Å². The maximum Gasteiger partial charge on any atom is 0.290 e. The first-order valence-electron chi connectivity index (χ1n) is 8.05. The minimum atomic E-state index is -0.409. The minimum absolute atomic E-state index is 0.225. The molecule has 1 heterocycles. The third-order valence-corrected chi connectivity index (χ3v) is 3.36. The molecule has 1 aromatic heterocycles. The van der Waals surface area contributed by atoms with Gasteiger partial charge in [0, 0.05) is 18.5 Å². The fraction of sp³-hybridized carbons (Fsp3) is 0. The lowest BCUT2D eigenvalue weighted by Crippen LogP contribution is -2.18. The number of hydrazone groups is 1. The zero-order valence-electron chi connectivity index (χ0n) is 13.9. The quantitative estimate of drug-likeness (QED) is 0.536. The minimum Gasteiger partial charge on any atom is -0.457 e. The van der Waals surface area contributed by atoms with Gasteiger partial charge in [0.2, 0.25) is 0 Å². The molecule has 1 N–H and O–H groups in total. The lowest BCUT2D eigenvalue weighted by molar-refractivity contribution is 0.0950. The van der Waals surface area contributed by atoms with Crippen molar-refractivity contribution in [3.8, 4) is 11.5 Å². The van der Waals surface area contributed by atoms with Gasteiger partial charge in [0.1, 0.15) is 17.2 Å². The molecule has 0 spiro atoms. The Morgan fingerprint density at radius 3 is 2.46 bits per heavy atom. The van der Waals surface area contributed by atoms with E-state index >= 15 is 0 Å². The second kappa shape index (κ2) is 8.94. The molecule has 0 aliphatic heterocycles. The molecule has 0 fully saturated rings. The Labute approximate surface area is 151 Å². The van der Waals surface area contributed by atoms with Gasteiger partial charge in [0.15, 0.2) is 0 Å². The molecule has 0 atom stereocenters. The summed E-state index contributed by atoms with van der Waals surface area (Å²) in [6.07, 6.45) is 6.67. The van der Waals surface area contributed by atoms with Gasteiger partial charge in [0.05, 0.1) is 0 Å². The Hall–Kier alpha value is -3.73. The monoisotopic (exact) mass is 343 g/mol. The van der Waals surface area contributed by atoms with E-state index in [1.165, 1.54) is 12.4 Å². The second-order valence-electron chi connectivity index (χ2n) is 5.28. The number of nitrogens with zero attached hydrogens (tertiary/aromatic N) is 2. The summed E-state index contributed by atoms with van der Waals surface area (Å²) < 4.78 is 5.69. The fourth-order valence-electron chi connectivity index (χ4n) is 2.14. The lowest BCUT2D eigenvalue weighted by Gasteiger charge is -2.06. The van der Waals surface area contributed by atoms with Crippen molar-refractivity contribution < 1.29 is 9.53 Å². The normalized spacial score (nSPS) is 10.9. The van der Waals surface area contributed by atoms with Gasteiger partial charge in [-0.1, -0.05) is 54.6 Å². The molecular weight excluding hydrogens is 326 g/mol. The van der Waals surface area contributed by atoms with Gasteiger partial charge in [0.25, 0.3) is 5.91 Å². The van der Waals surface area contributed by atoms with Gasteiger partial charge < -0.3 is 4.74 Å². The highest BCUT2D eigenvalue weighted by atomic mass is 16.5. The summed E-state index contributed by atoms with van der Waals surface area (Å²) >= 11 is 0. The zero-order chi connectivity index (χ0) is 18.0. The number of carbonyl (C=O) groups is 1. The number of ether oxygens (including phenoxy) is 1. The number of pyridine rings is 1. The third-order valence-electron chi connectivity index (χ3n) is 3.36. The van der Waals surface area contributed by atoms with Crippen LogP contribution in [0, 0.1) is 0 Å². The number of allylic oxidation sites excluding steroid dienone is 1. The van der Waals surface area contributed by atoms with Crippen LogP contribution in [0.3, 0.4) is 0 Å². The Kier molecular flexibility index (Phi) is 5.88. The average Bonchev–Trinajstić information content (AvgIpc) is 2.69. The van der Waals surface area contributed by atoms with Gasteiger partial charge in [-0.2, -0.15) is 5.10 Å². The summed E-state index contributed by atoms with van der Waals surface area (Å²) in [7, 11) is 0. The number of benzene rings is 2. The maximum absolute atomic E-state index is 12.1. The van der Waals surface area contributed by atoms with Crippen LogP contribution in [0.25, 0.3) is 6.08 Å². The predicted octanol–water partition coefficient (Wildman–Crippen LogP) is 4.30. The van der Waals surface area contributed by atoms with E-state index in [1.807, 2.05) is 66.7 Å². The standard InChI is InChI=1S/C21H17N3O2/c25-21(24-23-14-7-10-17-8-3-1-4-9-17)20-16-19(13-15-22-20)26-18-11-5-2-6-12-18/h1-16H,(H,24,25). The Balaban J connectivity index is 1.57. The van der Waals surface area contributed by atoms with Crippen LogP contribution < -0.4 is 10.2 Å². The van der Waals surface area contributed by atoms with E-state index in [-0.39, 0.29) is 5.69 Å². The second-order valence-corrected chi connectivity index (χ2v) is 5.28. The van der Waals surface area contributed by atoms with E-state index in [4.69, 9.17) is 4.74 Å². The van der Waals surface area contributed by atoms with Gasteiger partial charge in [-0.25, -0.2) is 5.43 Å². The Morgan fingerprint density at radius 2 is 1.69 bits per heavy atom. The third kappa shape index (κ3) is 5.14. The van der Waals surface area contributed by atoms with E-state index < -0.39 is 5.91 Å². The Bertz CT molecular complexity index is 907. The number of aromatic nitrogens is 1. The average molecular weight is 343 g/mol. The predicted molar refractivity (Wildman–Crippen MR) is 102 cm³/mol. The largest absolute Gasteiger partial charge is 0.457 e. The number of para-hydroxylation sites is 1. The lowest BCUT2D eigenvalue weighted by atomic mass is 10.2. The van der Waals surface area contributed by atoms with E-state index in [1.54, 1.807) is 18.2 Å². The van der Waals surface area contributed by atoms with Crippen LogP contribution in [0.1, 0.15) is 16.1 Å². The first kappa shape index (κ1) is 17.1. The molecule has 2 aromatic carbocycles. The van der Waals surface area contributed by atoms with Crippen LogP contribution in [0.15, 0.2) is 90.2 Å². The van der Waals surface area contributed by atoms with E-state index in [9.17, 15) is 4.79 Å². The highest BCUT2D eigenvalue weighted by Gasteiger charge is 2.07. The molecule has 0 unspecified atom stereocenters. The van der Waals surface area contributed by atoms with Gasteiger partial charge >= 0.3 is 0 Å². The van der Waals surface area contributed by atoms with Crippen molar-refractivity contribution in [1.82, 2.24) is 10.4 Å². The summed E-state index contributed by atoms with van der Waals surface area (Å²) in [4.78, 5) is 16.2. The number of carbonyl (C=O) groups excluding carboxylic acids is 1. The van der Waals surface area contributed by atoms with Crippen LogP contribution in [0.4, 0.5) is 0 Å². The van der Waals surface area contributed by atoms with Crippen LogP contribution in [-0.4, -0.2) is 17.1 Å². The smallest absolute Gasteiger partial charge is 0.290 e. The van der Waals surface area contributed by atoms with Crippen molar-refractivity contribution >= 4 is 18.2 Å².